The Labute approximate surface area is 144 Å². The van der Waals surface area contributed by atoms with Gasteiger partial charge in [0.05, 0.1) is 6.20 Å². The van der Waals surface area contributed by atoms with Crippen LogP contribution >= 0.6 is 0 Å². The van der Waals surface area contributed by atoms with Crippen LogP contribution in [0.1, 0.15) is 53.2 Å². The molecule has 1 amide bonds. The number of hydrogen-bond donors (Lipinski definition) is 1. The number of benzene rings is 1. The first-order valence-corrected chi connectivity index (χ1v) is 8.66. The predicted octanol–water partition coefficient (Wildman–Crippen LogP) is 2.77. The number of amides is 1. The zero-order chi connectivity index (χ0) is 17.6. The maximum absolute atomic E-state index is 13.5. The number of halogens is 1. The molecule has 0 radical (unpaired) electrons. The van der Waals surface area contributed by atoms with Crippen molar-refractivity contribution < 1.29 is 9.18 Å². The number of H-pyrrole nitrogens is 1. The number of hydrogen-bond acceptors (Lipinski definition) is 3. The summed E-state index contributed by atoms with van der Waals surface area (Å²) in [7, 11) is 0. The molecule has 0 spiro atoms. The Morgan fingerprint density at radius 2 is 2.00 bits per heavy atom. The minimum absolute atomic E-state index is 0.113. The summed E-state index contributed by atoms with van der Waals surface area (Å²) in [4.78, 5) is 32.4. The first-order valence-electron chi connectivity index (χ1n) is 8.66. The third-order valence-corrected chi connectivity index (χ3v) is 5.51. The number of carbonyl (C=O) groups is 1. The highest BCUT2D eigenvalue weighted by molar-refractivity contribution is 5.92. The SMILES string of the molecule is Cc1cc(C2C[C@H]3CC[C@@H](C2)N3C(=O)c2c[nH]c(=O)cn2)ccc1F. The van der Waals surface area contributed by atoms with Gasteiger partial charge in [-0.1, -0.05) is 12.1 Å². The molecular weight excluding hydrogens is 321 g/mol. The summed E-state index contributed by atoms with van der Waals surface area (Å²) in [6, 6.07) is 5.69. The summed E-state index contributed by atoms with van der Waals surface area (Å²) in [5.41, 5.74) is 1.79. The molecular formula is C19H20FN3O2. The molecule has 1 aromatic carbocycles. The van der Waals surface area contributed by atoms with Gasteiger partial charge >= 0.3 is 0 Å². The standard InChI is InChI=1S/C19H20FN3O2/c1-11-6-12(2-5-16(11)20)13-7-14-3-4-15(8-13)23(14)19(25)17-9-22-18(24)10-21-17/h2,5-6,9-10,13-15H,3-4,7-8H2,1H3,(H,22,24)/t13?,14-,15+. The van der Waals surface area contributed by atoms with Gasteiger partial charge in [-0.2, -0.15) is 0 Å². The van der Waals surface area contributed by atoms with Gasteiger partial charge in [-0.05, 0) is 55.7 Å². The fraction of sp³-hybridized carbons (Fsp3) is 0.421. The van der Waals surface area contributed by atoms with E-state index in [0.717, 1.165) is 37.4 Å². The van der Waals surface area contributed by atoms with Gasteiger partial charge in [0.25, 0.3) is 11.5 Å². The lowest BCUT2D eigenvalue weighted by molar-refractivity contribution is 0.0565. The molecule has 3 atom stereocenters. The van der Waals surface area contributed by atoms with Gasteiger partial charge in [-0.25, -0.2) is 9.37 Å². The summed E-state index contributed by atoms with van der Waals surface area (Å²) in [6.45, 7) is 1.79. The molecule has 2 saturated heterocycles. The van der Waals surface area contributed by atoms with E-state index in [2.05, 4.69) is 9.97 Å². The maximum Gasteiger partial charge on any atom is 0.274 e. The van der Waals surface area contributed by atoms with Crippen molar-refractivity contribution >= 4 is 5.91 Å². The lowest BCUT2D eigenvalue weighted by Gasteiger charge is -2.39. The number of aromatic nitrogens is 2. The van der Waals surface area contributed by atoms with E-state index in [0.29, 0.717) is 11.5 Å². The average molecular weight is 341 g/mol. The van der Waals surface area contributed by atoms with Crippen LogP contribution in [0.5, 0.6) is 0 Å². The van der Waals surface area contributed by atoms with Crippen LogP contribution in [0.2, 0.25) is 0 Å². The molecule has 4 rings (SSSR count). The van der Waals surface area contributed by atoms with Crippen molar-refractivity contribution in [2.45, 2.75) is 50.6 Å². The van der Waals surface area contributed by atoms with Crippen molar-refractivity contribution in [1.82, 2.24) is 14.9 Å². The molecule has 25 heavy (non-hydrogen) atoms. The van der Waals surface area contributed by atoms with Crippen LogP contribution in [0.3, 0.4) is 0 Å². The van der Waals surface area contributed by atoms with E-state index in [1.165, 1.54) is 12.3 Å². The Morgan fingerprint density at radius 1 is 1.28 bits per heavy atom. The van der Waals surface area contributed by atoms with E-state index in [-0.39, 0.29) is 35.1 Å². The van der Waals surface area contributed by atoms with Crippen molar-refractivity contribution in [1.29, 1.82) is 0 Å². The van der Waals surface area contributed by atoms with E-state index < -0.39 is 0 Å². The lowest BCUT2D eigenvalue weighted by Crippen LogP contribution is -2.46. The van der Waals surface area contributed by atoms with Gasteiger partial charge in [-0.3, -0.25) is 9.59 Å². The summed E-state index contributed by atoms with van der Waals surface area (Å²) < 4.78 is 13.5. The minimum atomic E-state index is -0.315. The summed E-state index contributed by atoms with van der Waals surface area (Å²) in [6.07, 6.45) is 6.27. The first kappa shape index (κ1) is 16.0. The first-order chi connectivity index (χ1) is 12.0. The number of fused-ring (bicyclic) bond motifs is 2. The van der Waals surface area contributed by atoms with Crippen molar-refractivity contribution in [2.24, 2.45) is 0 Å². The van der Waals surface area contributed by atoms with Gasteiger partial charge in [0.1, 0.15) is 11.5 Å². The molecule has 2 aliphatic heterocycles. The zero-order valence-electron chi connectivity index (χ0n) is 14.0. The van der Waals surface area contributed by atoms with Crippen molar-refractivity contribution in [2.75, 3.05) is 0 Å². The molecule has 1 N–H and O–H groups in total. The molecule has 1 unspecified atom stereocenters. The largest absolute Gasteiger partial charge is 0.331 e. The van der Waals surface area contributed by atoms with E-state index in [1.54, 1.807) is 6.92 Å². The smallest absolute Gasteiger partial charge is 0.274 e. The second-order valence-corrected chi connectivity index (χ2v) is 7.07. The quantitative estimate of drug-likeness (QED) is 0.913. The van der Waals surface area contributed by atoms with Crippen LogP contribution in [0.25, 0.3) is 0 Å². The van der Waals surface area contributed by atoms with E-state index in [1.807, 2.05) is 17.0 Å². The van der Waals surface area contributed by atoms with Gasteiger partial charge in [-0.15, -0.1) is 0 Å². The average Bonchev–Trinajstić information content (AvgIpc) is 2.87. The molecule has 2 fully saturated rings. The molecule has 2 bridgehead atoms. The van der Waals surface area contributed by atoms with E-state index in [4.69, 9.17) is 0 Å². The third kappa shape index (κ3) is 2.86. The second kappa shape index (κ2) is 6.10. The number of piperidine rings is 1. The number of carbonyl (C=O) groups excluding carboxylic acids is 1. The van der Waals surface area contributed by atoms with Gasteiger partial charge in [0.2, 0.25) is 0 Å². The fourth-order valence-corrected chi connectivity index (χ4v) is 4.29. The highest BCUT2D eigenvalue weighted by Crippen LogP contribution is 2.43. The van der Waals surface area contributed by atoms with Gasteiger partial charge in [0, 0.05) is 18.3 Å². The minimum Gasteiger partial charge on any atom is -0.331 e. The molecule has 0 saturated carbocycles. The summed E-state index contributed by atoms with van der Waals surface area (Å²) in [5.74, 6) is 0.0605. The molecule has 3 heterocycles. The maximum atomic E-state index is 13.5. The zero-order valence-corrected chi connectivity index (χ0v) is 14.0. The molecule has 5 nitrogen and oxygen atoms in total. The highest BCUT2D eigenvalue weighted by atomic mass is 19.1. The van der Waals surface area contributed by atoms with Gasteiger partial charge < -0.3 is 9.88 Å². The number of aryl methyl sites for hydroxylation is 1. The normalized spacial score (nSPS) is 25.2. The van der Waals surface area contributed by atoms with Crippen molar-refractivity contribution in [3.63, 3.8) is 0 Å². The lowest BCUT2D eigenvalue weighted by atomic mass is 9.84. The Bertz CT molecular complexity index is 845. The topological polar surface area (TPSA) is 66.1 Å². The number of nitrogens with one attached hydrogen (secondary N) is 1. The molecule has 0 aliphatic carbocycles. The molecule has 2 aromatic rings. The fourth-order valence-electron chi connectivity index (χ4n) is 4.29. The predicted molar refractivity (Wildman–Crippen MR) is 90.9 cm³/mol. The van der Waals surface area contributed by atoms with E-state index >= 15 is 0 Å². The van der Waals surface area contributed by atoms with Crippen molar-refractivity contribution in [3.05, 3.63) is 63.6 Å². The Balaban J connectivity index is 1.55. The van der Waals surface area contributed by atoms with Crippen molar-refractivity contribution in [3.8, 4) is 0 Å². The molecule has 6 heteroatoms. The summed E-state index contributed by atoms with van der Waals surface area (Å²) >= 11 is 0. The highest BCUT2D eigenvalue weighted by Gasteiger charge is 2.44. The van der Waals surface area contributed by atoms with Crippen LogP contribution in [0.15, 0.2) is 35.4 Å². The molecule has 2 aliphatic rings. The van der Waals surface area contributed by atoms with Crippen LogP contribution < -0.4 is 5.56 Å². The van der Waals surface area contributed by atoms with Crippen LogP contribution in [0, 0.1) is 12.7 Å². The van der Waals surface area contributed by atoms with Crippen LogP contribution in [-0.4, -0.2) is 32.9 Å². The van der Waals surface area contributed by atoms with Gasteiger partial charge in [0.15, 0.2) is 0 Å². The molecule has 1 aromatic heterocycles. The molecule has 130 valence electrons. The monoisotopic (exact) mass is 341 g/mol. The Kier molecular flexibility index (Phi) is 3.90. The van der Waals surface area contributed by atoms with Crippen LogP contribution in [-0.2, 0) is 0 Å². The Morgan fingerprint density at radius 3 is 2.60 bits per heavy atom. The van der Waals surface area contributed by atoms with E-state index in [9.17, 15) is 14.0 Å². The number of rotatable bonds is 2. The second-order valence-electron chi connectivity index (χ2n) is 7.07. The summed E-state index contributed by atoms with van der Waals surface area (Å²) in [5, 5.41) is 0. The number of aromatic amines is 1. The Hall–Kier alpha value is -2.50. The van der Waals surface area contributed by atoms with Crippen LogP contribution in [0.4, 0.5) is 4.39 Å². The third-order valence-electron chi connectivity index (χ3n) is 5.51. The number of nitrogens with zero attached hydrogens (tertiary/aromatic N) is 2.